The third-order valence-electron chi connectivity index (χ3n) is 4.08. The highest BCUT2D eigenvalue weighted by atomic mass is 35.5. The fourth-order valence-electron chi connectivity index (χ4n) is 2.69. The molecule has 0 radical (unpaired) electrons. The minimum atomic E-state index is -0.578. The maximum Gasteiger partial charge on any atom is 0.294 e. The van der Waals surface area contributed by atoms with E-state index in [1.807, 2.05) is 17.5 Å². The number of amides is 1. The standard InChI is InChI=1S/C17H14ClN5O3S2/c18-10-3-6-12(13(8-10)23(25)26)19-15(24)9-28-17-21-20-16(14-2-1-7-27-14)22(17)11-4-5-11/h1-3,6-8,11H,4-5,9H2,(H,19,24). The summed E-state index contributed by atoms with van der Waals surface area (Å²) < 4.78 is 2.08. The number of nitro groups is 1. The number of nitrogens with one attached hydrogen (secondary N) is 1. The highest BCUT2D eigenvalue weighted by molar-refractivity contribution is 7.99. The molecule has 8 nitrogen and oxygen atoms in total. The minimum Gasteiger partial charge on any atom is -0.320 e. The molecule has 4 rings (SSSR count). The second-order valence-corrected chi connectivity index (χ2v) is 8.47. The molecule has 1 aliphatic rings. The van der Waals surface area contributed by atoms with E-state index in [0.29, 0.717) is 11.2 Å². The minimum absolute atomic E-state index is 0.0646. The highest BCUT2D eigenvalue weighted by Crippen LogP contribution is 2.41. The predicted molar refractivity (Wildman–Crippen MR) is 109 cm³/mol. The van der Waals surface area contributed by atoms with Crippen molar-refractivity contribution in [3.05, 3.63) is 50.8 Å². The number of carbonyl (C=O) groups excluding carboxylic acids is 1. The van der Waals surface area contributed by atoms with Gasteiger partial charge < -0.3 is 5.32 Å². The van der Waals surface area contributed by atoms with E-state index >= 15 is 0 Å². The van der Waals surface area contributed by atoms with Crippen molar-refractivity contribution >= 4 is 52.0 Å². The fraction of sp³-hybridized carbons (Fsp3) is 0.235. The van der Waals surface area contributed by atoms with Crippen molar-refractivity contribution < 1.29 is 9.72 Å². The van der Waals surface area contributed by atoms with Crippen LogP contribution in [-0.2, 0) is 4.79 Å². The first-order valence-corrected chi connectivity index (χ1v) is 10.6. The molecule has 2 heterocycles. The first-order chi connectivity index (χ1) is 13.5. The summed E-state index contributed by atoms with van der Waals surface area (Å²) in [6.07, 6.45) is 2.13. The Morgan fingerprint density at radius 2 is 2.21 bits per heavy atom. The highest BCUT2D eigenvalue weighted by Gasteiger charge is 2.30. The quantitative estimate of drug-likeness (QED) is 0.329. The van der Waals surface area contributed by atoms with Crippen molar-refractivity contribution in [1.82, 2.24) is 14.8 Å². The van der Waals surface area contributed by atoms with Gasteiger partial charge in [-0.15, -0.1) is 21.5 Å². The third-order valence-corrected chi connectivity index (χ3v) is 6.13. The van der Waals surface area contributed by atoms with Crippen LogP contribution in [0.1, 0.15) is 18.9 Å². The van der Waals surface area contributed by atoms with E-state index in [9.17, 15) is 14.9 Å². The van der Waals surface area contributed by atoms with Crippen molar-refractivity contribution in [1.29, 1.82) is 0 Å². The number of nitro benzene ring substituents is 1. The average molecular weight is 436 g/mol. The molecule has 1 amide bonds. The van der Waals surface area contributed by atoms with Gasteiger partial charge in [-0.1, -0.05) is 29.4 Å². The number of hydrogen-bond acceptors (Lipinski definition) is 7. The summed E-state index contributed by atoms with van der Waals surface area (Å²) in [5, 5.41) is 25.2. The number of aromatic nitrogens is 3. The topological polar surface area (TPSA) is 103 Å². The van der Waals surface area contributed by atoms with Crippen molar-refractivity contribution in [2.24, 2.45) is 0 Å². The van der Waals surface area contributed by atoms with Crippen molar-refractivity contribution in [3.8, 4) is 10.7 Å². The van der Waals surface area contributed by atoms with Gasteiger partial charge in [0.05, 0.1) is 15.6 Å². The monoisotopic (exact) mass is 435 g/mol. The smallest absolute Gasteiger partial charge is 0.294 e. The number of benzene rings is 1. The van der Waals surface area contributed by atoms with Crippen LogP contribution in [0.3, 0.4) is 0 Å². The van der Waals surface area contributed by atoms with Crippen LogP contribution in [0, 0.1) is 10.1 Å². The number of carbonyl (C=O) groups is 1. The Labute approximate surface area is 173 Å². The Balaban J connectivity index is 1.47. The van der Waals surface area contributed by atoms with E-state index in [1.54, 1.807) is 11.3 Å². The van der Waals surface area contributed by atoms with Gasteiger partial charge in [0.25, 0.3) is 5.69 Å². The van der Waals surface area contributed by atoms with E-state index in [0.717, 1.165) is 23.5 Å². The van der Waals surface area contributed by atoms with Crippen LogP contribution in [0.25, 0.3) is 10.7 Å². The van der Waals surface area contributed by atoms with Gasteiger partial charge >= 0.3 is 0 Å². The zero-order valence-corrected chi connectivity index (χ0v) is 16.8. The summed E-state index contributed by atoms with van der Waals surface area (Å²) in [4.78, 5) is 23.9. The Morgan fingerprint density at radius 1 is 1.39 bits per heavy atom. The van der Waals surface area contributed by atoms with Crippen molar-refractivity contribution in [3.63, 3.8) is 0 Å². The van der Waals surface area contributed by atoms with Crippen LogP contribution in [0.5, 0.6) is 0 Å². The maximum atomic E-state index is 12.3. The lowest BCUT2D eigenvalue weighted by molar-refractivity contribution is -0.383. The molecule has 0 atom stereocenters. The molecule has 11 heteroatoms. The summed E-state index contributed by atoms with van der Waals surface area (Å²) in [5.74, 6) is 0.516. The molecule has 1 aromatic carbocycles. The summed E-state index contributed by atoms with van der Waals surface area (Å²) in [7, 11) is 0. The molecule has 1 saturated carbocycles. The zero-order chi connectivity index (χ0) is 19.7. The summed E-state index contributed by atoms with van der Waals surface area (Å²) >= 11 is 8.66. The Morgan fingerprint density at radius 3 is 2.89 bits per heavy atom. The molecule has 0 unspecified atom stereocenters. The summed E-state index contributed by atoms with van der Waals surface area (Å²) in [6, 6.07) is 8.44. The van der Waals surface area contributed by atoms with E-state index in [1.165, 1.54) is 30.0 Å². The molecule has 144 valence electrons. The molecule has 0 spiro atoms. The molecule has 2 aromatic heterocycles. The first kappa shape index (κ1) is 18.9. The Kier molecular flexibility index (Phi) is 5.33. The molecule has 0 saturated heterocycles. The van der Waals surface area contributed by atoms with Crippen LogP contribution >= 0.6 is 34.7 Å². The van der Waals surface area contributed by atoms with Crippen LogP contribution in [0.2, 0.25) is 5.02 Å². The largest absolute Gasteiger partial charge is 0.320 e. The van der Waals surface area contributed by atoms with Crippen molar-refractivity contribution in [2.45, 2.75) is 24.0 Å². The lowest BCUT2D eigenvalue weighted by Crippen LogP contribution is -2.15. The van der Waals surface area contributed by atoms with Gasteiger partial charge in [-0.2, -0.15) is 0 Å². The molecule has 1 N–H and O–H groups in total. The van der Waals surface area contributed by atoms with Gasteiger partial charge in [0.15, 0.2) is 11.0 Å². The van der Waals surface area contributed by atoms with Gasteiger partial charge in [0, 0.05) is 17.1 Å². The fourth-order valence-corrected chi connectivity index (χ4v) is 4.37. The number of rotatable bonds is 7. The second-order valence-electron chi connectivity index (χ2n) is 6.14. The van der Waals surface area contributed by atoms with E-state index in [4.69, 9.17) is 11.6 Å². The van der Waals surface area contributed by atoms with Crippen LogP contribution in [0.15, 0.2) is 40.9 Å². The van der Waals surface area contributed by atoms with Crippen LogP contribution in [-0.4, -0.2) is 31.3 Å². The van der Waals surface area contributed by atoms with Gasteiger partial charge in [-0.25, -0.2) is 0 Å². The second kappa shape index (κ2) is 7.90. The normalized spacial score (nSPS) is 13.5. The number of halogens is 1. The van der Waals surface area contributed by atoms with Crippen molar-refractivity contribution in [2.75, 3.05) is 11.1 Å². The number of hydrogen-bond donors (Lipinski definition) is 1. The van der Waals surface area contributed by atoms with E-state index in [2.05, 4.69) is 20.1 Å². The third kappa shape index (κ3) is 4.03. The maximum absolute atomic E-state index is 12.3. The van der Waals surface area contributed by atoms with E-state index < -0.39 is 4.92 Å². The zero-order valence-electron chi connectivity index (χ0n) is 14.4. The van der Waals surface area contributed by atoms with E-state index in [-0.39, 0.29) is 28.1 Å². The Bertz CT molecular complexity index is 1030. The number of anilines is 1. The summed E-state index contributed by atoms with van der Waals surface area (Å²) in [6.45, 7) is 0. The molecular weight excluding hydrogens is 422 g/mol. The SMILES string of the molecule is O=C(CSc1nnc(-c2cccs2)n1C1CC1)Nc1ccc(Cl)cc1[N+](=O)[O-]. The number of nitrogens with zero attached hydrogens (tertiary/aromatic N) is 4. The number of thiophene rings is 1. The average Bonchev–Trinajstić information content (AvgIpc) is 3.18. The van der Waals surface area contributed by atoms with Gasteiger partial charge in [-0.05, 0) is 36.4 Å². The van der Waals surface area contributed by atoms with Crippen LogP contribution < -0.4 is 5.32 Å². The Hall–Kier alpha value is -2.43. The molecule has 3 aromatic rings. The van der Waals surface area contributed by atoms with Crippen LogP contribution in [0.4, 0.5) is 11.4 Å². The van der Waals surface area contributed by atoms with Gasteiger partial charge in [-0.3, -0.25) is 19.5 Å². The molecule has 1 aliphatic carbocycles. The lowest BCUT2D eigenvalue weighted by Gasteiger charge is -2.08. The summed E-state index contributed by atoms with van der Waals surface area (Å²) in [5.41, 5.74) is -0.130. The molecular formula is C17H14ClN5O3S2. The lowest BCUT2D eigenvalue weighted by atomic mass is 10.2. The van der Waals surface area contributed by atoms with Gasteiger partial charge in [0.2, 0.25) is 5.91 Å². The molecule has 0 bridgehead atoms. The molecule has 1 fully saturated rings. The molecule has 0 aliphatic heterocycles. The van der Waals surface area contributed by atoms with Gasteiger partial charge in [0.1, 0.15) is 5.69 Å². The first-order valence-electron chi connectivity index (χ1n) is 8.38. The molecule has 28 heavy (non-hydrogen) atoms. The number of thioether (sulfide) groups is 1. The predicted octanol–water partition coefficient (Wildman–Crippen LogP) is 4.63.